The van der Waals surface area contributed by atoms with Crippen molar-refractivity contribution in [3.05, 3.63) is 0 Å². The zero-order valence-corrected chi connectivity index (χ0v) is 11.6. The molecule has 8 nitrogen and oxygen atoms in total. The second kappa shape index (κ2) is 5.49. The first kappa shape index (κ1) is 18.5. The zero-order valence-electron chi connectivity index (χ0n) is 11.6. The third-order valence-corrected chi connectivity index (χ3v) is 3.46. The van der Waals surface area contributed by atoms with Crippen LogP contribution < -0.4 is 0 Å². The van der Waals surface area contributed by atoms with Crippen LogP contribution in [-0.4, -0.2) is 67.0 Å². The normalized spacial score (nSPS) is 17.8. The molecule has 0 aliphatic heterocycles. The lowest BCUT2D eigenvalue weighted by molar-refractivity contribution is -0.231. The van der Waals surface area contributed by atoms with Crippen LogP contribution in [-0.2, 0) is 19.2 Å². The minimum atomic E-state index is -3.50. The highest BCUT2D eigenvalue weighted by atomic mass is 16.4. The van der Waals surface area contributed by atoms with Crippen molar-refractivity contribution in [2.45, 2.75) is 44.5 Å². The van der Waals surface area contributed by atoms with Crippen LogP contribution in [0, 0.1) is 0 Å². The van der Waals surface area contributed by atoms with E-state index in [1.807, 2.05) is 0 Å². The number of rotatable bonds is 7. The largest absolute Gasteiger partial charge is 0.393 e. The maximum Gasteiger partial charge on any atom is 0.220 e. The van der Waals surface area contributed by atoms with Gasteiger partial charge in [0.2, 0.25) is 11.2 Å². The molecule has 2 atom stereocenters. The van der Waals surface area contributed by atoms with E-state index in [2.05, 4.69) is 0 Å². The number of aliphatic hydroxyl groups excluding tert-OH is 1. The van der Waals surface area contributed by atoms with Gasteiger partial charge in [-0.3, -0.25) is 19.2 Å². The van der Waals surface area contributed by atoms with Crippen LogP contribution in [0.4, 0.5) is 0 Å². The third-order valence-electron chi connectivity index (χ3n) is 3.46. The third kappa shape index (κ3) is 2.10. The van der Waals surface area contributed by atoms with Gasteiger partial charge in [-0.2, -0.15) is 0 Å². The number of aliphatic hydroxyl groups is 4. The molecule has 0 radical (unpaired) electrons. The van der Waals surface area contributed by atoms with Gasteiger partial charge in [-0.05, 0) is 27.7 Å². The van der Waals surface area contributed by atoms with Crippen molar-refractivity contribution in [1.82, 2.24) is 0 Å². The van der Waals surface area contributed by atoms with E-state index in [4.69, 9.17) is 5.11 Å². The second-order valence-corrected chi connectivity index (χ2v) is 4.66. The Labute approximate surface area is 115 Å². The minimum absolute atomic E-state index is 0.667. The van der Waals surface area contributed by atoms with Gasteiger partial charge >= 0.3 is 0 Å². The fourth-order valence-corrected chi connectivity index (χ4v) is 2.08. The Kier molecular flexibility index (Phi) is 5.08. The van der Waals surface area contributed by atoms with Crippen LogP contribution in [0.2, 0.25) is 0 Å². The fraction of sp³-hybridized carbons (Fsp3) is 0.667. The maximum atomic E-state index is 11.7. The Hall–Kier alpha value is -1.48. The van der Waals surface area contributed by atoms with Crippen LogP contribution in [0.25, 0.3) is 0 Å². The Morgan fingerprint density at radius 1 is 0.750 bits per heavy atom. The lowest BCUT2D eigenvalue weighted by atomic mass is 9.64. The quantitative estimate of drug-likeness (QED) is 0.377. The Morgan fingerprint density at radius 3 is 1.25 bits per heavy atom. The molecule has 0 aliphatic carbocycles. The van der Waals surface area contributed by atoms with E-state index in [1.54, 1.807) is 0 Å². The van der Waals surface area contributed by atoms with Gasteiger partial charge < -0.3 is 20.4 Å². The van der Waals surface area contributed by atoms with E-state index in [0.717, 1.165) is 6.92 Å². The van der Waals surface area contributed by atoms with E-state index in [-0.39, 0.29) is 0 Å². The molecule has 0 rings (SSSR count). The molecular formula is C12H18O8. The predicted octanol–water partition coefficient (Wildman–Crippen LogP) is -2.47. The maximum absolute atomic E-state index is 11.7. The van der Waals surface area contributed by atoms with E-state index in [1.165, 1.54) is 0 Å². The van der Waals surface area contributed by atoms with Crippen LogP contribution in [0.3, 0.4) is 0 Å². The molecular weight excluding hydrogens is 272 g/mol. The summed E-state index contributed by atoms with van der Waals surface area (Å²) in [5.74, 6) is -5.41. The lowest BCUT2D eigenvalue weighted by Crippen LogP contribution is -2.79. The number of hydrogen-bond acceptors (Lipinski definition) is 8. The smallest absolute Gasteiger partial charge is 0.220 e. The first-order chi connectivity index (χ1) is 8.83. The molecule has 0 aromatic rings. The molecule has 114 valence electrons. The van der Waals surface area contributed by atoms with E-state index < -0.39 is 46.5 Å². The monoisotopic (exact) mass is 290 g/mol. The molecule has 0 aromatic carbocycles. The van der Waals surface area contributed by atoms with Crippen molar-refractivity contribution in [2.24, 2.45) is 0 Å². The molecule has 0 bridgehead atoms. The van der Waals surface area contributed by atoms with Crippen molar-refractivity contribution < 1.29 is 39.6 Å². The van der Waals surface area contributed by atoms with E-state index in [9.17, 15) is 34.5 Å². The van der Waals surface area contributed by atoms with Gasteiger partial charge in [0.1, 0.15) is 0 Å². The molecule has 4 N–H and O–H groups in total. The topological polar surface area (TPSA) is 149 Å². The Bertz CT molecular complexity index is 454. The van der Waals surface area contributed by atoms with E-state index in [0.29, 0.717) is 20.8 Å². The van der Waals surface area contributed by atoms with Crippen molar-refractivity contribution in [3.8, 4) is 0 Å². The number of ketones is 4. The Morgan fingerprint density at radius 2 is 1.10 bits per heavy atom. The van der Waals surface area contributed by atoms with Crippen molar-refractivity contribution in [2.75, 3.05) is 6.61 Å². The summed E-state index contributed by atoms with van der Waals surface area (Å²) in [4.78, 5) is 46.3. The van der Waals surface area contributed by atoms with Gasteiger partial charge in [0.05, 0.1) is 6.61 Å². The SMILES string of the molecule is CC(=O)C(O)(C(C)=O)[C@](O)(C(C)=O)[C@](O)(CO)C(C)=O. The highest BCUT2D eigenvalue weighted by Gasteiger charge is 2.71. The summed E-state index contributed by atoms with van der Waals surface area (Å²) in [5, 5.41) is 39.8. The molecule has 0 aromatic heterocycles. The lowest BCUT2D eigenvalue weighted by Gasteiger charge is -2.46. The molecule has 8 heteroatoms. The summed E-state index contributed by atoms with van der Waals surface area (Å²) < 4.78 is 0. The summed E-state index contributed by atoms with van der Waals surface area (Å²) in [5.41, 5.74) is -10.1. The summed E-state index contributed by atoms with van der Waals surface area (Å²) >= 11 is 0. The summed E-state index contributed by atoms with van der Waals surface area (Å²) in [7, 11) is 0. The van der Waals surface area contributed by atoms with Crippen LogP contribution >= 0.6 is 0 Å². The Balaban J connectivity index is 6.66. The fourth-order valence-electron chi connectivity index (χ4n) is 2.08. The molecule has 0 saturated carbocycles. The molecule has 20 heavy (non-hydrogen) atoms. The van der Waals surface area contributed by atoms with Crippen molar-refractivity contribution in [1.29, 1.82) is 0 Å². The number of Topliss-reactive ketones (excluding diaryl/α,β-unsaturated/α-hetero) is 4. The average Bonchev–Trinajstić information content (AvgIpc) is 2.34. The minimum Gasteiger partial charge on any atom is -0.393 e. The summed E-state index contributed by atoms with van der Waals surface area (Å²) in [6.45, 7) is 1.33. The first-order valence-corrected chi connectivity index (χ1v) is 5.66. The van der Waals surface area contributed by atoms with Gasteiger partial charge in [-0.25, -0.2) is 0 Å². The first-order valence-electron chi connectivity index (χ1n) is 5.66. The molecule has 0 fully saturated rings. The summed E-state index contributed by atoms with van der Waals surface area (Å²) in [6, 6.07) is 0. The van der Waals surface area contributed by atoms with Gasteiger partial charge in [0.15, 0.2) is 28.7 Å². The highest BCUT2D eigenvalue weighted by Crippen LogP contribution is 2.36. The van der Waals surface area contributed by atoms with Gasteiger partial charge in [-0.1, -0.05) is 0 Å². The van der Waals surface area contributed by atoms with Gasteiger partial charge in [0, 0.05) is 0 Å². The number of hydrogen-bond donors (Lipinski definition) is 4. The van der Waals surface area contributed by atoms with Crippen LogP contribution in [0.5, 0.6) is 0 Å². The number of carbonyl (C=O) groups is 4. The summed E-state index contributed by atoms with van der Waals surface area (Å²) in [6.07, 6.45) is 0. The molecule has 0 unspecified atom stereocenters. The average molecular weight is 290 g/mol. The number of carbonyl (C=O) groups excluding carboxylic acids is 4. The van der Waals surface area contributed by atoms with Crippen LogP contribution in [0.15, 0.2) is 0 Å². The zero-order chi connectivity index (χ0) is 16.5. The second-order valence-electron chi connectivity index (χ2n) is 4.66. The van der Waals surface area contributed by atoms with Gasteiger partial charge in [0.25, 0.3) is 0 Å². The van der Waals surface area contributed by atoms with E-state index >= 15 is 0 Å². The van der Waals surface area contributed by atoms with Gasteiger partial charge in [-0.15, -0.1) is 0 Å². The standard InChI is InChI=1S/C12H18O8/c1-6(14)10(18,5-13)12(20,9(4)17)11(19,7(2)15)8(3)16/h13,18-20H,5H2,1-4H3/t10-,12-/m0/s1. The van der Waals surface area contributed by atoms with Crippen molar-refractivity contribution in [3.63, 3.8) is 0 Å². The van der Waals surface area contributed by atoms with Crippen LogP contribution in [0.1, 0.15) is 27.7 Å². The predicted molar refractivity (Wildman–Crippen MR) is 64.7 cm³/mol. The molecule has 0 saturated heterocycles. The molecule has 0 heterocycles. The molecule has 0 aliphatic rings. The molecule has 0 spiro atoms. The molecule has 0 amide bonds. The van der Waals surface area contributed by atoms with Crippen molar-refractivity contribution >= 4 is 23.1 Å². The highest BCUT2D eigenvalue weighted by molar-refractivity contribution is 6.16.